The van der Waals surface area contributed by atoms with E-state index in [4.69, 9.17) is 5.11 Å². The van der Waals surface area contributed by atoms with Gasteiger partial charge >= 0.3 is 5.97 Å². The zero-order valence-electron chi connectivity index (χ0n) is 13.3. The summed E-state index contributed by atoms with van der Waals surface area (Å²) in [7, 11) is 0. The molecule has 0 radical (unpaired) electrons. The summed E-state index contributed by atoms with van der Waals surface area (Å²) in [6.07, 6.45) is 9.21. The maximum Gasteiger partial charge on any atom is 0.303 e. The van der Waals surface area contributed by atoms with Crippen molar-refractivity contribution < 1.29 is 9.90 Å². The minimum Gasteiger partial charge on any atom is -0.481 e. The molecule has 0 amide bonds. The SMILES string of the molecule is CCN1CCCC(N2C3CCC2CC(CC(=O)O)C3)CC1. The van der Waals surface area contributed by atoms with Crippen LogP contribution in [0.4, 0.5) is 0 Å². The zero-order chi connectivity index (χ0) is 14.8. The first-order valence-corrected chi connectivity index (χ1v) is 8.89. The van der Waals surface area contributed by atoms with E-state index in [2.05, 4.69) is 16.7 Å². The van der Waals surface area contributed by atoms with Crippen molar-refractivity contribution in [2.45, 2.75) is 76.4 Å². The van der Waals surface area contributed by atoms with Crippen LogP contribution in [0.3, 0.4) is 0 Å². The first-order valence-electron chi connectivity index (χ1n) is 8.89. The molecule has 3 aliphatic rings. The van der Waals surface area contributed by atoms with Gasteiger partial charge in [0, 0.05) is 24.5 Å². The number of rotatable bonds is 4. The summed E-state index contributed by atoms with van der Waals surface area (Å²) in [6, 6.07) is 2.10. The molecule has 2 bridgehead atoms. The molecule has 0 saturated carbocycles. The van der Waals surface area contributed by atoms with Crippen molar-refractivity contribution in [3.63, 3.8) is 0 Å². The van der Waals surface area contributed by atoms with Crippen LogP contribution < -0.4 is 0 Å². The quantitative estimate of drug-likeness (QED) is 0.865. The Morgan fingerprint density at radius 1 is 1.05 bits per heavy atom. The van der Waals surface area contributed by atoms with Crippen LogP contribution in [0.15, 0.2) is 0 Å². The van der Waals surface area contributed by atoms with E-state index in [1.54, 1.807) is 0 Å². The number of nitrogens with zero attached hydrogens (tertiary/aromatic N) is 2. The summed E-state index contributed by atoms with van der Waals surface area (Å²) >= 11 is 0. The fourth-order valence-corrected chi connectivity index (χ4v) is 5.09. The zero-order valence-corrected chi connectivity index (χ0v) is 13.3. The van der Waals surface area contributed by atoms with Gasteiger partial charge in [-0.1, -0.05) is 6.92 Å². The van der Waals surface area contributed by atoms with Gasteiger partial charge in [0.15, 0.2) is 0 Å². The average Bonchev–Trinajstić information content (AvgIpc) is 2.66. The second kappa shape index (κ2) is 6.66. The molecule has 21 heavy (non-hydrogen) atoms. The summed E-state index contributed by atoms with van der Waals surface area (Å²) in [5.74, 6) is -0.185. The number of carbonyl (C=O) groups is 1. The Hall–Kier alpha value is -0.610. The van der Waals surface area contributed by atoms with Gasteiger partial charge in [-0.3, -0.25) is 9.69 Å². The van der Waals surface area contributed by atoms with Gasteiger partial charge in [-0.2, -0.15) is 0 Å². The van der Waals surface area contributed by atoms with Crippen LogP contribution in [-0.2, 0) is 4.79 Å². The third-order valence-electron chi connectivity index (χ3n) is 6.01. The number of likely N-dealkylation sites (tertiary alicyclic amines) is 1. The van der Waals surface area contributed by atoms with Crippen LogP contribution in [-0.4, -0.2) is 58.6 Å². The molecule has 3 heterocycles. The lowest BCUT2D eigenvalue weighted by atomic mass is 9.86. The molecule has 0 aliphatic carbocycles. The van der Waals surface area contributed by atoms with Crippen LogP contribution >= 0.6 is 0 Å². The van der Waals surface area contributed by atoms with E-state index in [1.807, 2.05) is 0 Å². The fraction of sp³-hybridized carbons (Fsp3) is 0.941. The third kappa shape index (κ3) is 3.42. The van der Waals surface area contributed by atoms with Crippen LogP contribution in [0.2, 0.25) is 0 Å². The Balaban J connectivity index is 1.61. The number of hydrogen-bond donors (Lipinski definition) is 1. The minimum absolute atomic E-state index is 0.384. The molecule has 3 unspecified atom stereocenters. The number of aliphatic carboxylic acids is 1. The third-order valence-corrected chi connectivity index (χ3v) is 6.01. The highest BCUT2D eigenvalue weighted by molar-refractivity contribution is 5.67. The molecular formula is C17H30N2O2. The number of carboxylic acid groups (broad SMARTS) is 1. The summed E-state index contributed by atoms with van der Waals surface area (Å²) in [6.45, 7) is 5.95. The van der Waals surface area contributed by atoms with Crippen LogP contribution in [0.25, 0.3) is 0 Å². The molecule has 0 spiro atoms. The molecule has 4 nitrogen and oxygen atoms in total. The Morgan fingerprint density at radius 3 is 2.38 bits per heavy atom. The lowest BCUT2D eigenvalue weighted by molar-refractivity contribution is -0.138. The predicted molar refractivity (Wildman–Crippen MR) is 83.4 cm³/mol. The number of carboxylic acids is 1. The van der Waals surface area contributed by atoms with E-state index in [1.165, 1.54) is 51.7 Å². The first kappa shape index (κ1) is 15.3. The Labute approximate surface area is 128 Å². The first-order chi connectivity index (χ1) is 10.2. The van der Waals surface area contributed by atoms with E-state index in [0.717, 1.165) is 18.9 Å². The van der Waals surface area contributed by atoms with Crippen LogP contribution in [0, 0.1) is 5.92 Å². The van der Waals surface area contributed by atoms with Crippen molar-refractivity contribution in [2.75, 3.05) is 19.6 Å². The summed E-state index contributed by atoms with van der Waals surface area (Å²) in [4.78, 5) is 16.4. The molecule has 3 aliphatic heterocycles. The van der Waals surface area contributed by atoms with Gasteiger partial charge in [-0.25, -0.2) is 0 Å². The van der Waals surface area contributed by atoms with Crippen molar-refractivity contribution in [1.29, 1.82) is 0 Å². The molecule has 3 rings (SSSR count). The van der Waals surface area contributed by atoms with Gasteiger partial charge in [0.25, 0.3) is 0 Å². The Morgan fingerprint density at radius 2 is 1.76 bits per heavy atom. The van der Waals surface area contributed by atoms with E-state index in [-0.39, 0.29) is 0 Å². The molecule has 0 aromatic carbocycles. The number of piperidine rings is 1. The lowest BCUT2D eigenvalue weighted by Crippen LogP contribution is -2.49. The van der Waals surface area contributed by atoms with Crippen molar-refractivity contribution in [1.82, 2.24) is 9.80 Å². The summed E-state index contributed by atoms with van der Waals surface area (Å²) in [5, 5.41) is 9.05. The second-order valence-corrected chi connectivity index (χ2v) is 7.29. The Kier molecular flexibility index (Phi) is 4.85. The fourth-order valence-electron chi connectivity index (χ4n) is 5.09. The van der Waals surface area contributed by atoms with Gasteiger partial charge in [0.2, 0.25) is 0 Å². The highest BCUT2D eigenvalue weighted by Crippen LogP contribution is 2.42. The molecule has 4 heteroatoms. The molecule has 1 N–H and O–H groups in total. The topological polar surface area (TPSA) is 43.8 Å². The number of hydrogen-bond acceptors (Lipinski definition) is 3. The van der Waals surface area contributed by atoms with Gasteiger partial charge in [0.05, 0.1) is 0 Å². The van der Waals surface area contributed by atoms with Gasteiger partial charge < -0.3 is 10.0 Å². The highest BCUT2D eigenvalue weighted by atomic mass is 16.4. The van der Waals surface area contributed by atoms with Crippen molar-refractivity contribution in [3.05, 3.63) is 0 Å². The van der Waals surface area contributed by atoms with Crippen molar-refractivity contribution in [2.24, 2.45) is 5.92 Å². The standard InChI is InChI=1S/C17H30N2O2/c1-2-18-8-3-4-14(7-9-18)19-15-5-6-16(19)11-13(10-15)12-17(20)21/h13-16H,2-12H2,1H3,(H,20,21). The minimum atomic E-state index is -0.610. The smallest absolute Gasteiger partial charge is 0.303 e. The largest absolute Gasteiger partial charge is 0.481 e. The van der Waals surface area contributed by atoms with Crippen molar-refractivity contribution in [3.8, 4) is 0 Å². The summed E-state index contributed by atoms with van der Waals surface area (Å²) in [5.41, 5.74) is 0. The van der Waals surface area contributed by atoms with Gasteiger partial charge in [-0.15, -0.1) is 0 Å². The monoisotopic (exact) mass is 294 g/mol. The molecule has 120 valence electrons. The maximum atomic E-state index is 11.0. The lowest BCUT2D eigenvalue weighted by Gasteiger charge is -2.43. The molecule has 0 aromatic heterocycles. The molecule has 3 saturated heterocycles. The van der Waals surface area contributed by atoms with Crippen molar-refractivity contribution >= 4 is 5.97 Å². The summed E-state index contributed by atoms with van der Waals surface area (Å²) < 4.78 is 0. The van der Waals surface area contributed by atoms with E-state index in [9.17, 15) is 4.79 Å². The molecular weight excluding hydrogens is 264 g/mol. The van der Waals surface area contributed by atoms with E-state index in [0.29, 0.717) is 24.4 Å². The number of fused-ring (bicyclic) bond motifs is 2. The Bertz CT molecular complexity index is 360. The van der Waals surface area contributed by atoms with E-state index >= 15 is 0 Å². The molecule has 3 atom stereocenters. The van der Waals surface area contributed by atoms with Crippen LogP contribution in [0.5, 0.6) is 0 Å². The predicted octanol–water partition coefficient (Wildman–Crippen LogP) is 2.58. The van der Waals surface area contributed by atoms with Crippen LogP contribution in [0.1, 0.15) is 58.3 Å². The normalized spacial score (nSPS) is 38.3. The van der Waals surface area contributed by atoms with Gasteiger partial charge in [0.1, 0.15) is 0 Å². The highest BCUT2D eigenvalue weighted by Gasteiger charge is 2.44. The second-order valence-electron chi connectivity index (χ2n) is 7.29. The molecule has 0 aromatic rings. The average molecular weight is 294 g/mol. The molecule has 3 fully saturated rings. The maximum absolute atomic E-state index is 11.0. The van der Waals surface area contributed by atoms with E-state index < -0.39 is 5.97 Å². The van der Waals surface area contributed by atoms with Gasteiger partial charge in [-0.05, 0) is 70.5 Å².